The van der Waals surface area contributed by atoms with Gasteiger partial charge in [-0.1, -0.05) is 80.6 Å². The topological polar surface area (TPSA) is 221 Å². The lowest BCUT2D eigenvalue weighted by Gasteiger charge is -2.67. The number of aliphatic hydroxyl groups is 3. The number of aliphatic hydroxyl groups excluding tert-OH is 2. The van der Waals surface area contributed by atoms with Gasteiger partial charge in [-0.15, -0.1) is 0 Å². The molecule has 3 aromatic carbocycles. The molecule has 0 spiro atoms. The summed E-state index contributed by atoms with van der Waals surface area (Å²) in [6.45, 7) is 7.99. The molecule has 1 amide bonds. The molecule has 1 heterocycles. The Morgan fingerprint density at radius 1 is 0.823 bits per heavy atom. The number of hydrogen-bond donors (Lipinski definition) is 4. The Bertz CT molecular complexity index is 2280. The quantitative estimate of drug-likeness (QED) is 0.130. The van der Waals surface area contributed by atoms with Gasteiger partial charge in [0.25, 0.3) is 5.91 Å². The summed E-state index contributed by atoms with van der Waals surface area (Å²) in [5, 5.41) is 40.1. The van der Waals surface area contributed by atoms with E-state index in [0.717, 1.165) is 13.8 Å². The van der Waals surface area contributed by atoms with Crippen LogP contribution in [0.5, 0.6) is 0 Å². The van der Waals surface area contributed by atoms with Crippen molar-refractivity contribution in [2.24, 2.45) is 16.7 Å². The lowest BCUT2D eigenvalue weighted by atomic mass is 9.44. The molecule has 1 aliphatic heterocycles. The summed E-state index contributed by atoms with van der Waals surface area (Å²) in [4.78, 5) is 84.0. The molecule has 11 atom stereocenters. The first kappa shape index (κ1) is 44.3. The molecule has 3 aromatic rings. The number of rotatable bonds is 10. The van der Waals surface area contributed by atoms with Gasteiger partial charge >= 0.3 is 23.9 Å². The Kier molecular flexibility index (Phi) is 11.8. The average Bonchev–Trinajstić information content (AvgIpc) is 3.24. The highest BCUT2D eigenvalue weighted by molar-refractivity contribution is 5.97. The highest BCUT2D eigenvalue weighted by Gasteiger charge is 2.78. The summed E-state index contributed by atoms with van der Waals surface area (Å²) in [5.41, 5.74) is -7.20. The van der Waals surface area contributed by atoms with Crippen molar-refractivity contribution in [3.05, 3.63) is 119 Å². The van der Waals surface area contributed by atoms with Crippen LogP contribution in [0.1, 0.15) is 86.8 Å². The van der Waals surface area contributed by atoms with Gasteiger partial charge in [-0.05, 0) is 54.8 Å². The van der Waals surface area contributed by atoms with Crippen molar-refractivity contribution < 1.29 is 67.8 Å². The Morgan fingerprint density at radius 2 is 1.40 bits per heavy atom. The van der Waals surface area contributed by atoms with E-state index in [1.165, 1.54) is 38.1 Å². The molecule has 0 radical (unpaired) electrons. The van der Waals surface area contributed by atoms with Gasteiger partial charge in [-0.2, -0.15) is 0 Å². The highest BCUT2D eigenvalue weighted by Crippen LogP contribution is 2.64. The molecule has 0 unspecified atom stereocenters. The van der Waals surface area contributed by atoms with Crippen LogP contribution in [-0.4, -0.2) is 105 Å². The second-order valence-electron chi connectivity index (χ2n) is 17.4. The van der Waals surface area contributed by atoms with E-state index in [0.29, 0.717) is 0 Å². The standard InChI is InChI=1S/C47H51NO14/c1-25-31(60-43(56)35(36(52)28-16-10-7-11-17-28)48-41(54)29-18-12-8-13-19-29)23-47(57)40(61-42(55)30-20-14-9-15-21-30)38-45(6,32(51)22-33-46(38,24-58-33)62-27(3)50)39(53)37(59-26(2)49)34(25)44(47,4)5/h7-21,31-33,35-38,40,51-52,57H,22-24H2,1-6H3,(H,48,54)/t31-,32-,33+,35+,36-,37+,38-,40-,45+,46-,47-/m0/s1. The van der Waals surface area contributed by atoms with Crippen LogP contribution in [0.4, 0.5) is 0 Å². The molecule has 7 rings (SSSR count). The predicted octanol–water partition coefficient (Wildman–Crippen LogP) is 3.74. The minimum Gasteiger partial charge on any atom is -0.456 e. The lowest BCUT2D eigenvalue weighted by molar-refractivity contribution is -0.346. The van der Waals surface area contributed by atoms with Crippen molar-refractivity contribution in [2.75, 3.05) is 6.61 Å². The first-order valence-corrected chi connectivity index (χ1v) is 20.5. The van der Waals surface area contributed by atoms with Crippen molar-refractivity contribution >= 4 is 35.6 Å². The van der Waals surface area contributed by atoms with Crippen LogP contribution in [-0.2, 0) is 42.9 Å². The van der Waals surface area contributed by atoms with Gasteiger partial charge in [0.15, 0.2) is 23.5 Å². The smallest absolute Gasteiger partial charge is 0.338 e. The molecule has 62 heavy (non-hydrogen) atoms. The number of benzene rings is 3. The Balaban J connectivity index is 1.42. The molecule has 15 nitrogen and oxygen atoms in total. The van der Waals surface area contributed by atoms with E-state index in [-0.39, 0.29) is 40.9 Å². The van der Waals surface area contributed by atoms with Crippen molar-refractivity contribution in [1.82, 2.24) is 5.32 Å². The van der Waals surface area contributed by atoms with Crippen LogP contribution in [0.3, 0.4) is 0 Å². The molecule has 15 heteroatoms. The zero-order valence-corrected chi connectivity index (χ0v) is 35.2. The van der Waals surface area contributed by atoms with Gasteiger partial charge in [-0.3, -0.25) is 19.2 Å². The van der Waals surface area contributed by atoms with Crippen molar-refractivity contribution in [3.63, 3.8) is 0 Å². The number of ketones is 1. The maximum Gasteiger partial charge on any atom is 0.338 e. The van der Waals surface area contributed by atoms with Crippen LogP contribution < -0.4 is 5.32 Å². The third kappa shape index (κ3) is 7.29. The van der Waals surface area contributed by atoms with Crippen LogP contribution in [0.15, 0.2) is 102 Å². The van der Waals surface area contributed by atoms with E-state index in [1.807, 2.05) is 0 Å². The Hall–Kier alpha value is -5.74. The molecule has 1 saturated heterocycles. The molecule has 3 fully saturated rings. The summed E-state index contributed by atoms with van der Waals surface area (Å²) < 4.78 is 30.4. The lowest BCUT2D eigenvalue weighted by Crippen LogP contribution is -2.82. The molecular weight excluding hydrogens is 803 g/mol. The predicted molar refractivity (Wildman–Crippen MR) is 218 cm³/mol. The number of Topliss-reactive ketones (excluding diaryl/α,β-unsaturated/α-hetero) is 1. The minimum absolute atomic E-state index is 0.00103. The summed E-state index contributed by atoms with van der Waals surface area (Å²) in [6, 6.07) is 22.2. The number of ether oxygens (including phenoxy) is 5. The van der Waals surface area contributed by atoms with Gasteiger partial charge in [0.05, 0.1) is 29.6 Å². The maximum absolute atomic E-state index is 15.5. The van der Waals surface area contributed by atoms with E-state index in [2.05, 4.69) is 5.32 Å². The second kappa shape index (κ2) is 16.5. The van der Waals surface area contributed by atoms with Crippen molar-refractivity contribution in [2.45, 2.75) is 108 Å². The van der Waals surface area contributed by atoms with Gasteiger partial charge < -0.3 is 44.3 Å². The van der Waals surface area contributed by atoms with Crippen LogP contribution in [0, 0.1) is 16.7 Å². The normalized spacial score (nSPS) is 31.9. The molecule has 328 valence electrons. The first-order valence-electron chi connectivity index (χ1n) is 20.5. The monoisotopic (exact) mass is 853 g/mol. The van der Waals surface area contributed by atoms with Gasteiger partial charge in [0.1, 0.15) is 30.0 Å². The summed E-state index contributed by atoms with van der Waals surface area (Å²) in [7, 11) is 0. The Morgan fingerprint density at radius 3 is 1.95 bits per heavy atom. The number of carbonyl (C=O) groups is 6. The van der Waals surface area contributed by atoms with Gasteiger partial charge in [-0.25, -0.2) is 9.59 Å². The number of esters is 4. The molecular formula is C47H51NO14. The number of fused-ring (bicyclic) bond motifs is 5. The highest BCUT2D eigenvalue weighted by atomic mass is 16.6. The first-order chi connectivity index (χ1) is 29.3. The minimum atomic E-state index is -2.40. The molecule has 2 saturated carbocycles. The molecule has 2 bridgehead atoms. The van der Waals surface area contributed by atoms with E-state index in [4.69, 9.17) is 23.7 Å². The third-order valence-corrected chi connectivity index (χ3v) is 13.5. The zero-order valence-electron chi connectivity index (χ0n) is 35.2. The number of amides is 1. The van der Waals surface area contributed by atoms with Crippen molar-refractivity contribution in [3.8, 4) is 0 Å². The number of nitrogens with one attached hydrogen (secondary N) is 1. The molecule has 0 aromatic heterocycles. The largest absolute Gasteiger partial charge is 0.456 e. The molecule has 4 aliphatic rings. The fourth-order valence-corrected chi connectivity index (χ4v) is 10.2. The molecule has 4 N–H and O–H groups in total. The second-order valence-corrected chi connectivity index (χ2v) is 17.4. The van der Waals surface area contributed by atoms with Crippen LogP contribution in [0.25, 0.3) is 0 Å². The molecule has 3 aliphatic carbocycles. The van der Waals surface area contributed by atoms with Crippen molar-refractivity contribution in [1.29, 1.82) is 0 Å². The summed E-state index contributed by atoms with van der Waals surface area (Å²) in [5.74, 6) is -6.86. The van der Waals surface area contributed by atoms with Gasteiger partial charge in [0.2, 0.25) is 0 Å². The fourth-order valence-electron chi connectivity index (χ4n) is 10.2. The van der Waals surface area contributed by atoms with Gasteiger partial charge in [0, 0.05) is 37.7 Å². The summed E-state index contributed by atoms with van der Waals surface area (Å²) in [6.07, 6.45) is -10.1. The number of carbonyl (C=O) groups excluding carboxylic acids is 6. The van der Waals surface area contributed by atoms with E-state index >= 15 is 4.79 Å². The third-order valence-electron chi connectivity index (χ3n) is 13.5. The van der Waals surface area contributed by atoms with E-state index < -0.39 is 113 Å². The van der Waals surface area contributed by atoms with E-state index in [1.54, 1.807) is 80.6 Å². The maximum atomic E-state index is 15.5. The fraction of sp³-hybridized carbons (Fsp3) is 0.447. The number of hydrogen-bond acceptors (Lipinski definition) is 14. The summed E-state index contributed by atoms with van der Waals surface area (Å²) >= 11 is 0. The van der Waals surface area contributed by atoms with Crippen LogP contribution in [0.2, 0.25) is 0 Å². The zero-order chi connectivity index (χ0) is 44.9. The van der Waals surface area contributed by atoms with E-state index in [9.17, 15) is 39.3 Å². The SMILES string of the molecule is CC(=O)O[C@H]1C(=O)[C@@]2(C)[C@H]([C@H](OC(=O)c3ccccc3)[C@@]3(O)C[C@H](OC(=O)[C@H](NC(=O)c4ccccc4)[C@@H](O)c4ccccc4)C(C)=C1C3(C)C)[C@]1(OC(C)=O)CO[C@@H]1C[C@@H]2O. The Labute approximate surface area is 358 Å². The van der Waals surface area contributed by atoms with Crippen LogP contribution >= 0.6 is 0 Å². The average molecular weight is 854 g/mol.